The van der Waals surface area contributed by atoms with Gasteiger partial charge in [-0.1, -0.05) is 41.9 Å². The number of nitrogens with two attached hydrogens (primary N) is 1. The lowest BCUT2D eigenvalue weighted by molar-refractivity contribution is 0.601. The first-order valence-electron chi connectivity index (χ1n) is 8.81. The maximum absolute atomic E-state index is 12.9. The molecular weight excluding hydrogens is 408 g/mol. The highest BCUT2D eigenvalue weighted by atomic mass is 35.5. The summed E-state index contributed by atoms with van der Waals surface area (Å²) < 4.78 is 30.2. The maximum Gasteiger partial charge on any atom is 0.262 e. The molecule has 6 nitrogen and oxygen atoms in total. The van der Waals surface area contributed by atoms with Crippen LogP contribution in [0.5, 0.6) is 0 Å². The van der Waals surface area contributed by atoms with Gasteiger partial charge in [-0.2, -0.15) is 5.10 Å². The monoisotopic (exact) mass is 422 g/mol. The van der Waals surface area contributed by atoms with Crippen LogP contribution in [0, 0.1) is 0 Å². The van der Waals surface area contributed by atoms with Crippen molar-refractivity contribution in [3.8, 4) is 28.2 Å². The third-order valence-electron chi connectivity index (χ3n) is 4.81. The fourth-order valence-corrected chi connectivity index (χ4v) is 4.87. The quantitative estimate of drug-likeness (QED) is 0.463. The standard InChI is InChI=1S/C21H15ClN4O2S/c22-14-7-5-13(6-8-14)19-20-21(26(24-19)16-11-9-15(23)10-12-16)17-3-1-2-4-18(17)29(27,28)25-20/h1-12,25H,23H2. The van der Waals surface area contributed by atoms with Crippen LogP contribution in [0.2, 0.25) is 5.02 Å². The Kier molecular flexibility index (Phi) is 3.90. The van der Waals surface area contributed by atoms with Crippen LogP contribution in [-0.4, -0.2) is 18.2 Å². The van der Waals surface area contributed by atoms with Crippen molar-refractivity contribution >= 4 is 33.0 Å². The van der Waals surface area contributed by atoms with Gasteiger partial charge in [-0.3, -0.25) is 4.72 Å². The van der Waals surface area contributed by atoms with Crippen LogP contribution in [0.15, 0.2) is 77.7 Å². The van der Waals surface area contributed by atoms with Crippen molar-refractivity contribution in [2.75, 3.05) is 10.5 Å². The minimum Gasteiger partial charge on any atom is -0.399 e. The minimum atomic E-state index is -3.72. The SMILES string of the molecule is Nc1ccc(-n2nc(-c3ccc(Cl)cc3)c3c2-c2ccccc2S(=O)(=O)N3)cc1. The van der Waals surface area contributed by atoms with Crippen molar-refractivity contribution in [1.82, 2.24) is 9.78 Å². The van der Waals surface area contributed by atoms with Crippen LogP contribution in [0.25, 0.3) is 28.2 Å². The number of aromatic nitrogens is 2. The Morgan fingerprint density at radius 1 is 0.931 bits per heavy atom. The lowest BCUT2D eigenvalue weighted by Crippen LogP contribution is -2.19. The fraction of sp³-hybridized carbons (Fsp3) is 0. The molecular formula is C21H15ClN4O2S. The van der Waals surface area contributed by atoms with Crippen LogP contribution in [-0.2, 0) is 10.0 Å². The fourth-order valence-electron chi connectivity index (χ4n) is 3.46. The van der Waals surface area contributed by atoms with Crippen LogP contribution in [0.3, 0.4) is 0 Å². The van der Waals surface area contributed by atoms with Gasteiger partial charge in [-0.25, -0.2) is 13.1 Å². The van der Waals surface area contributed by atoms with Crippen LogP contribution >= 0.6 is 11.6 Å². The Morgan fingerprint density at radius 3 is 2.34 bits per heavy atom. The van der Waals surface area contributed by atoms with E-state index in [1.54, 1.807) is 47.1 Å². The predicted molar refractivity (Wildman–Crippen MR) is 115 cm³/mol. The second-order valence-electron chi connectivity index (χ2n) is 6.68. The van der Waals surface area contributed by atoms with Gasteiger partial charge in [0.15, 0.2) is 0 Å². The molecule has 0 atom stereocenters. The summed E-state index contributed by atoms with van der Waals surface area (Å²) in [5, 5.41) is 5.35. The third kappa shape index (κ3) is 2.86. The number of fused-ring (bicyclic) bond motifs is 3. The van der Waals surface area contributed by atoms with Gasteiger partial charge in [0, 0.05) is 21.8 Å². The third-order valence-corrected chi connectivity index (χ3v) is 6.47. The summed E-state index contributed by atoms with van der Waals surface area (Å²) in [5.74, 6) is 0. The van der Waals surface area contributed by atoms with Gasteiger partial charge in [0.05, 0.1) is 10.6 Å². The molecule has 0 amide bonds. The molecule has 0 saturated carbocycles. The van der Waals surface area contributed by atoms with E-state index in [1.165, 1.54) is 0 Å². The van der Waals surface area contributed by atoms with Gasteiger partial charge in [0.2, 0.25) is 0 Å². The van der Waals surface area contributed by atoms with E-state index in [-0.39, 0.29) is 4.90 Å². The van der Waals surface area contributed by atoms with Crippen LogP contribution in [0.1, 0.15) is 0 Å². The van der Waals surface area contributed by atoms with Crippen molar-refractivity contribution in [3.63, 3.8) is 0 Å². The summed E-state index contributed by atoms with van der Waals surface area (Å²) in [6, 6.07) is 21.3. The maximum atomic E-state index is 12.9. The van der Waals surface area contributed by atoms with E-state index in [1.807, 2.05) is 30.3 Å². The van der Waals surface area contributed by atoms with Crippen molar-refractivity contribution in [3.05, 3.63) is 77.8 Å². The summed E-state index contributed by atoms with van der Waals surface area (Å²) >= 11 is 6.02. The highest BCUT2D eigenvalue weighted by Gasteiger charge is 2.33. The number of sulfonamides is 1. The molecule has 0 spiro atoms. The van der Waals surface area contributed by atoms with E-state index in [0.717, 1.165) is 11.3 Å². The number of hydrogen-bond donors (Lipinski definition) is 2. The number of benzene rings is 3. The molecule has 2 heterocycles. The van der Waals surface area contributed by atoms with Crippen LogP contribution < -0.4 is 10.5 Å². The molecule has 1 aliphatic heterocycles. The number of nitrogens with zero attached hydrogens (tertiary/aromatic N) is 2. The molecule has 29 heavy (non-hydrogen) atoms. The second kappa shape index (κ2) is 6.37. The summed E-state index contributed by atoms with van der Waals surface area (Å²) in [5.41, 5.74) is 10.2. The number of rotatable bonds is 2. The van der Waals surface area contributed by atoms with E-state index in [9.17, 15) is 8.42 Å². The van der Waals surface area contributed by atoms with Gasteiger partial charge >= 0.3 is 0 Å². The van der Waals surface area contributed by atoms with Gasteiger partial charge < -0.3 is 5.73 Å². The Hall–Kier alpha value is -3.29. The van der Waals surface area contributed by atoms with E-state index < -0.39 is 10.0 Å². The topological polar surface area (TPSA) is 90.0 Å². The zero-order valence-corrected chi connectivity index (χ0v) is 16.6. The molecule has 1 aliphatic rings. The molecule has 0 saturated heterocycles. The molecule has 0 aliphatic carbocycles. The normalized spacial score (nSPS) is 14.0. The van der Waals surface area contributed by atoms with Gasteiger partial charge in [0.1, 0.15) is 17.1 Å². The van der Waals surface area contributed by atoms with Crippen molar-refractivity contribution < 1.29 is 8.42 Å². The molecule has 144 valence electrons. The summed E-state index contributed by atoms with van der Waals surface area (Å²) in [6.07, 6.45) is 0. The minimum absolute atomic E-state index is 0.215. The average molecular weight is 423 g/mol. The number of halogens is 1. The Morgan fingerprint density at radius 2 is 1.62 bits per heavy atom. The second-order valence-corrected chi connectivity index (χ2v) is 8.77. The first-order valence-corrected chi connectivity index (χ1v) is 10.7. The largest absolute Gasteiger partial charge is 0.399 e. The smallest absolute Gasteiger partial charge is 0.262 e. The van der Waals surface area contributed by atoms with E-state index in [0.29, 0.717) is 33.3 Å². The molecule has 3 aromatic carbocycles. The van der Waals surface area contributed by atoms with Gasteiger partial charge in [0.25, 0.3) is 10.0 Å². The van der Waals surface area contributed by atoms with E-state index in [2.05, 4.69) is 4.72 Å². The number of nitrogen functional groups attached to an aromatic ring is 1. The number of anilines is 2. The first-order chi connectivity index (χ1) is 13.9. The summed E-state index contributed by atoms with van der Waals surface area (Å²) in [7, 11) is -3.72. The molecule has 0 bridgehead atoms. The Bertz CT molecular complexity index is 1340. The highest BCUT2D eigenvalue weighted by Crippen LogP contribution is 2.45. The molecule has 3 N–H and O–H groups in total. The Labute approximate surface area is 172 Å². The molecule has 0 fully saturated rings. The summed E-state index contributed by atoms with van der Waals surface area (Å²) in [4.78, 5) is 0.215. The highest BCUT2D eigenvalue weighted by molar-refractivity contribution is 7.93. The first kappa shape index (κ1) is 17.8. The van der Waals surface area contributed by atoms with Crippen molar-refractivity contribution in [2.45, 2.75) is 4.90 Å². The average Bonchev–Trinajstić information content (AvgIpc) is 3.08. The predicted octanol–water partition coefficient (Wildman–Crippen LogP) is 4.56. The van der Waals surface area contributed by atoms with E-state index >= 15 is 0 Å². The lowest BCUT2D eigenvalue weighted by Gasteiger charge is -2.20. The zero-order chi connectivity index (χ0) is 20.2. The lowest BCUT2D eigenvalue weighted by atomic mass is 10.1. The molecule has 0 radical (unpaired) electrons. The van der Waals surface area contributed by atoms with E-state index in [4.69, 9.17) is 22.4 Å². The Balaban J connectivity index is 1.85. The molecule has 8 heteroatoms. The zero-order valence-electron chi connectivity index (χ0n) is 15.0. The van der Waals surface area contributed by atoms with Crippen LogP contribution in [0.4, 0.5) is 11.4 Å². The summed E-state index contributed by atoms with van der Waals surface area (Å²) in [6.45, 7) is 0. The van der Waals surface area contributed by atoms with Crippen molar-refractivity contribution in [1.29, 1.82) is 0 Å². The molecule has 4 aromatic rings. The van der Waals surface area contributed by atoms with Crippen molar-refractivity contribution in [2.24, 2.45) is 0 Å². The number of nitrogens with one attached hydrogen (secondary N) is 1. The van der Waals surface area contributed by atoms with Gasteiger partial charge in [-0.05, 0) is 42.5 Å². The molecule has 5 rings (SSSR count). The van der Waals surface area contributed by atoms with Gasteiger partial charge in [-0.15, -0.1) is 0 Å². The number of hydrogen-bond acceptors (Lipinski definition) is 4. The molecule has 0 unspecified atom stereocenters. The molecule has 1 aromatic heterocycles.